The summed E-state index contributed by atoms with van der Waals surface area (Å²) in [5.41, 5.74) is 0.709. The van der Waals surface area contributed by atoms with Crippen LogP contribution in [0.25, 0.3) is 11.0 Å². The van der Waals surface area contributed by atoms with Crippen molar-refractivity contribution in [3.8, 4) is 0 Å². The second-order valence-electron chi connectivity index (χ2n) is 7.24. The number of benzene rings is 2. The standard InChI is InChI=1S/C21H22F2N4O4S2/c1-2-27-18-7-6-14(33(29,30)26-8-10-31-11-9-26)12-17(18)24-21(27)32-13-19(28)25-20-15(22)4-3-5-16(20)23/h3-7,12H,2,8-11,13H2,1H3,(H,25,28). The quantitative estimate of drug-likeness (QED) is 0.506. The third-order valence-corrected chi connectivity index (χ3v) is 8.04. The van der Waals surface area contributed by atoms with E-state index in [1.165, 1.54) is 16.4 Å². The van der Waals surface area contributed by atoms with Gasteiger partial charge >= 0.3 is 0 Å². The molecule has 3 aromatic rings. The Morgan fingerprint density at radius 3 is 2.55 bits per heavy atom. The summed E-state index contributed by atoms with van der Waals surface area (Å²) >= 11 is 1.10. The van der Waals surface area contributed by atoms with Gasteiger partial charge in [-0.15, -0.1) is 0 Å². The summed E-state index contributed by atoms with van der Waals surface area (Å²) in [6, 6.07) is 8.09. The largest absolute Gasteiger partial charge is 0.379 e. The number of amides is 1. The lowest BCUT2D eigenvalue weighted by molar-refractivity contribution is -0.113. The van der Waals surface area contributed by atoms with Gasteiger partial charge < -0.3 is 14.6 Å². The van der Waals surface area contributed by atoms with Gasteiger partial charge in [-0.2, -0.15) is 4.31 Å². The van der Waals surface area contributed by atoms with Gasteiger partial charge in [0.25, 0.3) is 0 Å². The van der Waals surface area contributed by atoms with Crippen molar-refractivity contribution in [3.05, 3.63) is 48.0 Å². The molecule has 4 rings (SSSR count). The number of para-hydroxylation sites is 1. The topological polar surface area (TPSA) is 93.5 Å². The molecule has 1 fully saturated rings. The molecule has 1 aromatic heterocycles. The van der Waals surface area contributed by atoms with Crippen molar-refractivity contribution in [2.45, 2.75) is 23.5 Å². The van der Waals surface area contributed by atoms with Gasteiger partial charge in [0.1, 0.15) is 17.3 Å². The van der Waals surface area contributed by atoms with Crippen molar-refractivity contribution >= 4 is 44.4 Å². The summed E-state index contributed by atoms with van der Waals surface area (Å²) in [4.78, 5) is 16.9. The third-order valence-electron chi connectivity index (χ3n) is 5.17. The molecule has 0 unspecified atom stereocenters. The van der Waals surface area contributed by atoms with Crippen LogP contribution < -0.4 is 5.32 Å². The molecule has 0 saturated carbocycles. The lowest BCUT2D eigenvalue weighted by Crippen LogP contribution is -2.40. The van der Waals surface area contributed by atoms with E-state index in [1.54, 1.807) is 12.1 Å². The Labute approximate surface area is 194 Å². The van der Waals surface area contributed by atoms with Crippen LogP contribution in [0, 0.1) is 11.6 Å². The summed E-state index contributed by atoms with van der Waals surface area (Å²) in [5.74, 6) is -2.43. The number of nitrogens with zero attached hydrogens (tertiary/aromatic N) is 3. The molecule has 8 nitrogen and oxygen atoms in total. The highest BCUT2D eigenvalue weighted by atomic mass is 32.2. The highest BCUT2D eigenvalue weighted by Crippen LogP contribution is 2.28. The van der Waals surface area contributed by atoms with E-state index in [2.05, 4.69) is 10.3 Å². The van der Waals surface area contributed by atoms with Crippen molar-refractivity contribution in [2.75, 3.05) is 37.4 Å². The van der Waals surface area contributed by atoms with Gasteiger partial charge in [0.2, 0.25) is 15.9 Å². The summed E-state index contributed by atoms with van der Waals surface area (Å²) in [5, 5.41) is 2.74. The van der Waals surface area contributed by atoms with Crippen molar-refractivity contribution < 1.29 is 26.7 Å². The van der Waals surface area contributed by atoms with Crippen LogP contribution in [0.3, 0.4) is 0 Å². The molecule has 176 valence electrons. The molecule has 12 heteroatoms. The number of carbonyl (C=O) groups is 1. The van der Waals surface area contributed by atoms with Gasteiger partial charge in [-0.1, -0.05) is 17.8 Å². The monoisotopic (exact) mass is 496 g/mol. The zero-order valence-electron chi connectivity index (χ0n) is 17.8. The number of carbonyl (C=O) groups excluding carboxylic acids is 1. The van der Waals surface area contributed by atoms with Crippen molar-refractivity contribution in [2.24, 2.45) is 0 Å². The number of rotatable bonds is 7. The molecule has 1 saturated heterocycles. The second-order valence-corrected chi connectivity index (χ2v) is 10.1. The zero-order chi connectivity index (χ0) is 23.6. The number of morpholine rings is 1. The summed E-state index contributed by atoms with van der Waals surface area (Å²) < 4.78 is 61.9. The molecule has 0 bridgehead atoms. The van der Waals surface area contributed by atoms with Gasteiger partial charge in [0.05, 0.1) is 34.9 Å². The molecule has 33 heavy (non-hydrogen) atoms. The van der Waals surface area contributed by atoms with E-state index in [0.29, 0.717) is 43.5 Å². The van der Waals surface area contributed by atoms with Gasteiger partial charge in [-0.25, -0.2) is 22.2 Å². The van der Waals surface area contributed by atoms with E-state index in [1.807, 2.05) is 11.5 Å². The van der Waals surface area contributed by atoms with Crippen LogP contribution in [0.5, 0.6) is 0 Å². The first kappa shape index (κ1) is 23.6. The number of sulfonamides is 1. The van der Waals surface area contributed by atoms with E-state index >= 15 is 0 Å². The number of hydrogen-bond acceptors (Lipinski definition) is 6. The van der Waals surface area contributed by atoms with E-state index < -0.39 is 33.3 Å². The number of hydrogen-bond donors (Lipinski definition) is 1. The Balaban J connectivity index is 1.54. The number of anilines is 1. The Bertz CT molecular complexity index is 1270. The summed E-state index contributed by atoms with van der Waals surface area (Å²) in [7, 11) is -3.67. The third kappa shape index (κ3) is 4.88. The van der Waals surface area contributed by atoms with E-state index in [9.17, 15) is 22.0 Å². The molecule has 2 aromatic carbocycles. The highest BCUT2D eigenvalue weighted by molar-refractivity contribution is 7.99. The minimum absolute atomic E-state index is 0.129. The minimum Gasteiger partial charge on any atom is -0.379 e. The fourth-order valence-electron chi connectivity index (χ4n) is 3.52. The second kappa shape index (κ2) is 9.75. The van der Waals surface area contributed by atoms with Crippen molar-refractivity contribution in [1.29, 1.82) is 0 Å². The summed E-state index contributed by atoms with van der Waals surface area (Å²) in [6.07, 6.45) is 0. The van der Waals surface area contributed by atoms with Crippen LogP contribution in [0.2, 0.25) is 0 Å². The lowest BCUT2D eigenvalue weighted by Gasteiger charge is -2.26. The van der Waals surface area contributed by atoms with E-state index in [-0.39, 0.29) is 10.6 Å². The first-order valence-electron chi connectivity index (χ1n) is 10.3. The first-order chi connectivity index (χ1) is 15.8. The lowest BCUT2D eigenvalue weighted by atomic mass is 10.3. The Hall–Kier alpha value is -2.54. The molecule has 0 atom stereocenters. The average molecular weight is 497 g/mol. The molecule has 0 spiro atoms. The molecule has 1 N–H and O–H groups in total. The fourth-order valence-corrected chi connectivity index (χ4v) is 5.83. The van der Waals surface area contributed by atoms with Crippen LogP contribution in [0.1, 0.15) is 6.92 Å². The molecule has 1 amide bonds. The molecule has 2 heterocycles. The number of fused-ring (bicyclic) bond motifs is 1. The number of imidazole rings is 1. The zero-order valence-corrected chi connectivity index (χ0v) is 19.4. The number of aryl methyl sites for hydroxylation is 1. The Kier molecular flexibility index (Phi) is 6.98. The summed E-state index contributed by atoms with van der Waals surface area (Å²) in [6.45, 7) is 3.73. The maximum atomic E-state index is 13.8. The van der Waals surface area contributed by atoms with Crippen molar-refractivity contribution in [3.63, 3.8) is 0 Å². The Morgan fingerprint density at radius 2 is 1.88 bits per heavy atom. The minimum atomic E-state index is -3.67. The molecular formula is C21H22F2N4O4S2. The van der Waals surface area contributed by atoms with Crippen LogP contribution >= 0.6 is 11.8 Å². The SMILES string of the molecule is CCn1c(SCC(=O)Nc2c(F)cccc2F)nc2cc(S(=O)(=O)N3CCOCC3)ccc21. The average Bonchev–Trinajstić information content (AvgIpc) is 3.17. The van der Waals surface area contributed by atoms with Crippen LogP contribution in [-0.2, 0) is 26.1 Å². The van der Waals surface area contributed by atoms with Crippen LogP contribution in [0.4, 0.5) is 14.5 Å². The first-order valence-corrected chi connectivity index (χ1v) is 12.7. The predicted octanol–water partition coefficient (Wildman–Crippen LogP) is 3.09. The Morgan fingerprint density at radius 1 is 1.18 bits per heavy atom. The van der Waals surface area contributed by atoms with E-state index in [0.717, 1.165) is 29.4 Å². The van der Waals surface area contributed by atoms with Gasteiger partial charge in [0, 0.05) is 19.6 Å². The van der Waals surface area contributed by atoms with Crippen molar-refractivity contribution in [1.82, 2.24) is 13.9 Å². The predicted molar refractivity (Wildman–Crippen MR) is 121 cm³/mol. The maximum Gasteiger partial charge on any atom is 0.243 e. The van der Waals surface area contributed by atoms with Gasteiger partial charge in [-0.3, -0.25) is 4.79 Å². The molecule has 0 aliphatic carbocycles. The molecular weight excluding hydrogens is 474 g/mol. The number of nitrogens with one attached hydrogen (secondary N) is 1. The number of ether oxygens (including phenoxy) is 1. The maximum absolute atomic E-state index is 13.8. The molecule has 1 aliphatic heterocycles. The number of aromatic nitrogens is 2. The molecule has 0 radical (unpaired) electrons. The smallest absolute Gasteiger partial charge is 0.243 e. The van der Waals surface area contributed by atoms with Gasteiger partial charge in [0.15, 0.2) is 5.16 Å². The van der Waals surface area contributed by atoms with Crippen LogP contribution in [-0.4, -0.2) is 60.2 Å². The highest BCUT2D eigenvalue weighted by Gasteiger charge is 2.27. The molecule has 1 aliphatic rings. The normalized spacial score (nSPS) is 15.1. The van der Waals surface area contributed by atoms with E-state index in [4.69, 9.17) is 4.74 Å². The van der Waals surface area contributed by atoms with Gasteiger partial charge in [-0.05, 0) is 37.3 Å². The number of halogens is 2. The number of thioether (sulfide) groups is 1. The fraction of sp³-hybridized carbons (Fsp3) is 0.333. The van der Waals surface area contributed by atoms with Crippen LogP contribution in [0.15, 0.2) is 46.5 Å².